The number of nitrogens with one attached hydrogen (secondary N) is 1. The Balaban J connectivity index is 1.55. The number of aromatic hydroxyl groups is 1. The van der Waals surface area contributed by atoms with Crippen LogP contribution in [0.25, 0.3) is 21.7 Å². The van der Waals surface area contributed by atoms with Gasteiger partial charge in [-0.1, -0.05) is 30.3 Å². The first-order chi connectivity index (χ1) is 13.2. The van der Waals surface area contributed by atoms with Gasteiger partial charge in [-0.3, -0.25) is 4.79 Å². The standard InChI is InChI=1S/C21H16N2O4/c1-26-19-10-13(6-8-17(19)24)12-22-23-21(25)20-11-16-15-5-3-2-4-14(15)7-9-18(16)27-20/h2-12,24H,1H3,(H,23,25). The third-order valence-corrected chi connectivity index (χ3v) is 4.23. The van der Waals surface area contributed by atoms with E-state index in [0.29, 0.717) is 16.9 Å². The topological polar surface area (TPSA) is 84.1 Å². The van der Waals surface area contributed by atoms with Crippen molar-refractivity contribution in [3.8, 4) is 11.5 Å². The summed E-state index contributed by atoms with van der Waals surface area (Å²) in [5.74, 6) is 0.0988. The number of carbonyl (C=O) groups excluding carboxylic acids is 1. The van der Waals surface area contributed by atoms with Crippen LogP contribution >= 0.6 is 0 Å². The highest BCUT2D eigenvalue weighted by atomic mass is 16.5. The van der Waals surface area contributed by atoms with E-state index in [1.54, 1.807) is 18.2 Å². The second-order valence-corrected chi connectivity index (χ2v) is 5.94. The molecule has 134 valence electrons. The summed E-state index contributed by atoms with van der Waals surface area (Å²) in [5, 5.41) is 16.5. The number of amides is 1. The molecule has 6 heteroatoms. The van der Waals surface area contributed by atoms with Gasteiger partial charge in [-0.25, -0.2) is 5.43 Å². The second kappa shape index (κ2) is 6.84. The average Bonchev–Trinajstić information content (AvgIpc) is 3.14. The van der Waals surface area contributed by atoms with Gasteiger partial charge >= 0.3 is 5.91 Å². The van der Waals surface area contributed by atoms with E-state index in [4.69, 9.17) is 9.15 Å². The number of hydrogen-bond acceptors (Lipinski definition) is 5. The largest absolute Gasteiger partial charge is 0.504 e. The Hall–Kier alpha value is -3.80. The molecule has 0 saturated carbocycles. The van der Waals surface area contributed by atoms with Crippen LogP contribution in [0.15, 0.2) is 70.2 Å². The Labute approximate surface area is 154 Å². The highest BCUT2D eigenvalue weighted by molar-refractivity contribution is 6.08. The minimum atomic E-state index is -0.447. The number of rotatable bonds is 4. The molecule has 1 aromatic heterocycles. The van der Waals surface area contributed by atoms with Crippen molar-refractivity contribution < 1.29 is 19.1 Å². The predicted octanol–water partition coefficient (Wildman–Crippen LogP) is 4.06. The molecule has 27 heavy (non-hydrogen) atoms. The van der Waals surface area contributed by atoms with Gasteiger partial charge in [0.2, 0.25) is 0 Å². The van der Waals surface area contributed by atoms with E-state index in [9.17, 15) is 9.90 Å². The molecule has 0 aliphatic rings. The number of hydrogen-bond donors (Lipinski definition) is 2. The first kappa shape index (κ1) is 16.7. The predicted molar refractivity (Wildman–Crippen MR) is 103 cm³/mol. The molecule has 0 aliphatic carbocycles. The van der Waals surface area contributed by atoms with Crippen molar-refractivity contribution in [2.75, 3.05) is 7.11 Å². The van der Waals surface area contributed by atoms with Gasteiger partial charge in [0.05, 0.1) is 13.3 Å². The van der Waals surface area contributed by atoms with Crippen LogP contribution in [-0.2, 0) is 0 Å². The summed E-state index contributed by atoms with van der Waals surface area (Å²) < 4.78 is 10.7. The van der Waals surface area contributed by atoms with E-state index in [0.717, 1.165) is 16.2 Å². The monoisotopic (exact) mass is 360 g/mol. The van der Waals surface area contributed by atoms with E-state index in [1.165, 1.54) is 19.4 Å². The van der Waals surface area contributed by atoms with Crippen LogP contribution in [0, 0.1) is 0 Å². The number of ether oxygens (including phenoxy) is 1. The summed E-state index contributed by atoms with van der Waals surface area (Å²) in [6, 6.07) is 18.2. The van der Waals surface area contributed by atoms with Crippen molar-refractivity contribution in [2.24, 2.45) is 5.10 Å². The Kier molecular flexibility index (Phi) is 4.22. The van der Waals surface area contributed by atoms with Gasteiger partial charge in [0.15, 0.2) is 17.3 Å². The van der Waals surface area contributed by atoms with Crippen molar-refractivity contribution >= 4 is 33.9 Å². The van der Waals surface area contributed by atoms with Crippen LogP contribution in [0.5, 0.6) is 11.5 Å². The van der Waals surface area contributed by atoms with Crippen molar-refractivity contribution in [2.45, 2.75) is 0 Å². The summed E-state index contributed by atoms with van der Waals surface area (Å²) >= 11 is 0. The first-order valence-electron chi connectivity index (χ1n) is 8.27. The second-order valence-electron chi connectivity index (χ2n) is 5.94. The van der Waals surface area contributed by atoms with Gasteiger partial charge in [0.25, 0.3) is 0 Å². The van der Waals surface area contributed by atoms with Crippen LogP contribution < -0.4 is 10.2 Å². The number of phenolic OH excluding ortho intramolecular Hbond substituents is 1. The zero-order valence-electron chi connectivity index (χ0n) is 14.5. The fourth-order valence-electron chi connectivity index (χ4n) is 2.90. The number of furan rings is 1. The van der Waals surface area contributed by atoms with Crippen molar-refractivity contribution in [3.63, 3.8) is 0 Å². The summed E-state index contributed by atoms with van der Waals surface area (Å²) in [6.07, 6.45) is 1.46. The molecule has 0 bridgehead atoms. The molecule has 0 spiro atoms. The fraction of sp³-hybridized carbons (Fsp3) is 0.0476. The fourth-order valence-corrected chi connectivity index (χ4v) is 2.90. The average molecular weight is 360 g/mol. The lowest BCUT2D eigenvalue weighted by atomic mass is 10.1. The van der Waals surface area contributed by atoms with Crippen LogP contribution in [0.1, 0.15) is 16.1 Å². The molecule has 4 aromatic rings. The molecule has 0 aliphatic heterocycles. The molecule has 6 nitrogen and oxygen atoms in total. The van der Waals surface area contributed by atoms with Crippen LogP contribution in [0.3, 0.4) is 0 Å². The van der Waals surface area contributed by atoms with Gasteiger partial charge in [0.1, 0.15) is 5.58 Å². The maximum Gasteiger partial charge on any atom is 0.307 e. The van der Waals surface area contributed by atoms with Gasteiger partial charge in [-0.2, -0.15) is 5.10 Å². The smallest absolute Gasteiger partial charge is 0.307 e. The van der Waals surface area contributed by atoms with E-state index in [2.05, 4.69) is 10.5 Å². The number of phenols is 1. The molecular weight excluding hydrogens is 344 g/mol. The Morgan fingerprint density at radius 3 is 2.81 bits per heavy atom. The lowest BCUT2D eigenvalue weighted by Gasteiger charge is -2.03. The molecule has 1 amide bonds. The third kappa shape index (κ3) is 3.20. The summed E-state index contributed by atoms with van der Waals surface area (Å²) in [6.45, 7) is 0. The Morgan fingerprint density at radius 2 is 1.96 bits per heavy atom. The normalized spacial score (nSPS) is 11.3. The zero-order valence-corrected chi connectivity index (χ0v) is 14.5. The quantitative estimate of drug-likeness (QED) is 0.424. The third-order valence-electron chi connectivity index (χ3n) is 4.23. The first-order valence-corrected chi connectivity index (χ1v) is 8.27. The van der Waals surface area contributed by atoms with E-state index < -0.39 is 5.91 Å². The number of carbonyl (C=O) groups is 1. The molecule has 1 heterocycles. The van der Waals surface area contributed by atoms with Gasteiger partial charge in [-0.05, 0) is 46.7 Å². The van der Waals surface area contributed by atoms with E-state index >= 15 is 0 Å². The lowest BCUT2D eigenvalue weighted by Crippen LogP contribution is -2.16. The zero-order chi connectivity index (χ0) is 18.8. The van der Waals surface area contributed by atoms with Crippen LogP contribution in [0.2, 0.25) is 0 Å². The molecule has 0 saturated heterocycles. The minimum absolute atomic E-state index is 0.0354. The molecular formula is C21H16N2O4. The van der Waals surface area contributed by atoms with Crippen molar-refractivity contribution in [1.29, 1.82) is 0 Å². The highest BCUT2D eigenvalue weighted by Gasteiger charge is 2.13. The van der Waals surface area contributed by atoms with Gasteiger partial charge in [-0.15, -0.1) is 0 Å². The highest BCUT2D eigenvalue weighted by Crippen LogP contribution is 2.28. The van der Waals surface area contributed by atoms with Crippen LogP contribution in [-0.4, -0.2) is 24.3 Å². The Bertz CT molecular complexity index is 1180. The number of benzene rings is 3. The summed E-state index contributed by atoms with van der Waals surface area (Å²) in [4.78, 5) is 12.3. The van der Waals surface area contributed by atoms with Gasteiger partial charge in [0, 0.05) is 5.39 Å². The summed E-state index contributed by atoms with van der Waals surface area (Å²) in [5.41, 5.74) is 3.75. The van der Waals surface area contributed by atoms with E-state index in [-0.39, 0.29) is 11.5 Å². The van der Waals surface area contributed by atoms with Crippen molar-refractivity contribution in [1.82, 2.24) is 5.43 Å². The number of hydrazone groups is 1. The van der Waals surface area contributed by atoms with Crippen molar-refractivity contribution in [3.05, 3.63) is 72.0 Å². The number of nitrogens with zero attached hydrogens (tertiary/aromatic N) is 1. The molecule has 3 aromatic carbocycles. The SMILES string of the molecule is COc1cc(C=NNC(=O)c2cc3c(ccc4ccccc43)o2)ccc1O. The summed E-state index contributed by atoms with van der Waals surface area (Å²) in [7, 11) is 1.46. The number of fused-ring (bicyclic) bond motifs is 3. The molecule has 4 rings (SSSR count). The molecule has 0 atom stereocenters. The maximum atomic E-state index is 12.3. The molecule has 0 fully saturated rings. The minimum Gasteiger partial charge on any atom is -0.504 e. The molecule has 2 N–H and O–H groups in total. The molecule has 0 radical (unpaired) electrons. The lowest BCUT2D eigenvalue weighted by molar-refractivity contribution is 0.0929. The maximum absolute atomic E-state index is 12.3. The molecule has 0 unspecified atom stereocenters. The van der Waals surface area contributed by atoms with Crippen LogP contribution in [0.4, 0.5) is 0 Å². The van der Waals surface area contributed by atoms with E-state index in [1.807, 2.05) is 36.4 Å². The Morgan fingerprint density at radius 1 is 1.11 bits per heavy atom. The number of methoxy groups -OCH3 is 1. The van der Waals surface area contributed by atoms with Gasteiger partial charge < -0.3 is 14.3 Å².